The highest BCUT2D eigenvalue weighted by Gasteiger charge is 2.00. The summed E-state index contributed by atoms with van der Waals surface area (Å²) in [6.07, 6.45) is 6.30. The quantitative estimate of drug-likeness (QED) is 0.648. The smallest absolute Gasteiger partial charge is 0.155 e. The number of nitrogens with zero attached hydrogens (tertiary/aromatic N) is 1. The third-order valence-electron chi connectivity index (χ3n) is 3.26. The van der Waals surface area contributed by atoms with Crippen LogP contribution in [0, 0.1) is 0 Å². The standard InChI is InChI=1S/C17H25NO/c1-4-7-8-17(19)14-11-15-9-12-16(13-10-15)18(5-2)6-3/h9-14H,4-8H2,1-3H3/b14-11+. The first kappa shape index (κ1) is 15.5. The van der Waals surface area contributed by atoms with Crippen LogP contribution in [-0.2, 0) is 4.79 Å². The van der Waals surface area contributed by atoms with Crippen LogP contribution in [0.15, 0.2) is 30.3 Å². The molecule has 2 nitrogen and oxygen atoms in total. The highest BCUT2D eigenvalue weighted by molar-refractivity contribution is 5.93. The third-order valence-corrected chi connectivity index (χ3v) is 3.26. The molecule has 104 valence electrons. The molecule has 0 fully saturated rings. The van der Waals surface area contributed by atoms with Crippen molar-refractivity contribution in [2.45, 2.75) is 40.0 Å². The summed E-state index contributed by atoms with van der Waals surface area (Å²) in [7, 11) is 0. The van der Waals surface area contributed by atoms with E-state index in [2.05, 4.69) is 49.9 Å². The Kier molecular flexibility index (Phi) is 6.94. The molecule has 1 aromatic carbocycles. The zero-order valence-electron chi connectivity index (χ0n) is 12.4. The highest BCUT2D eigenvalue weighted by atomic mass is 16.1. The lowest BCUT2D eigenvalue weighted by Gasteiger charge is -2.20. The molecule has 0 saturated carbocycles. The molecule has 0 heterocycles. The van der Waals surface area contributed by atoms with Crippen molar-refractivity contribution in [3.05, 3.63) is 35.9 Å². The minimum absolute atomic E-state index is 0.217. The van der Waals surface area contributed by atoms with Crippen molar-refractivity contribution in [3.63, 3.8) is 0 Å². The topological polar surface area (TPSA) is 20.3 Å². The minimum Gasteiger partial charge on any atom is -0.372 e. The monoisotopic (exact) mass is 259 g/mol. The Hall–Kier alpha value is -1.57. The van der Waals surface area contributed by atoms with Crippen LogP contribution in [0.2, 0.25) is 0 Å². The van der Waals surface area contributed by atoms with Gasteiger partial charge in [0, 0.05) is 25.2 Å². The first-order valence-electron chi connectivity index (χ1n) is 7.27. The van der Waals surface area contributed by atoms with Gasteiger partial charge in [-0.2, -0.15) is 0 Å². The van der Waals surface area contributed by atoms with E-state index in [-0.39, 0.29) is 5.78 Å². The maximum Gasteiger partial charge on any atom is 0.155 e. The summed E-state index contributed by atoms with van der Waals surface area (Å²) in [6.45, 7) is 8.44. The van der Waals surface area contributed by atoms with Crippen LogP contribution in [0.4, 0.5) is 5.69 Å². The molecule has 0 saturated heterocycles. The molecule has 0 aliphatic heterocycles. The molecule has 0 aliphatic rings. The zero-order chi connectivity index (χ0) is 14.1. The Morgan fingerprint density at radius 1 is 1.11 bits per heavy atom. The Morgan fingerprint density at radius 2 is 1.74 bits per heavy atom. The van der Waals surface area contributed by atoms with Gasteiger partial charge in [-0.25, -0.2) is 0 Å². The Labute approximate surface area is 117 Å². The summed E-state index contributed by atoms with van der Waals surface area (Å²) >= 11 is 0. The van der Waals surface area contributed by atoms with Gasteiger partial charge in [0.1, 0.15) is 0 Å². The van der Waals surface area contributed by atoms with Crippen LogP contribution >= 0.6 is 0 Å². The van der Waals surface area contributed by atoms with Crippen molar-refractivity contribution in [1.29, 1.82) is 0 Å². The molecule has 2 heteroatoms. The second-order valence-corrected chi connectivity index (χ2v) is 4.67. The fourth-order valence-corrected chi connectivity index (χ4v) is 2.01. The predicted octanol–water partition coefficient (Wildman–Crippen LogP) is 4.31. The van der Waals surface area contributed by atoms with E-state index in [0.717, 1.165) is 31.5 Å². The molecule has 0 atom stereocenters. The Morgan fingerprint density at radius 3 is 2.26 bits per heavy atom. The number of carbonyl (C=O) groups excluding carboxylic acids is 1. The first-order chi connectivity index (χ1) is 9.21. The van der Waals surface area contributed by atoms with Gasteiger partial charge in [0.2, 0.25) is 0 Å². The summed E-state index contributed by atoms with van der Waals surface area (Å²) in [5.74, 6) is 0.217. The molecular weight excluding hydrogens is 234 g/mol. The van der Waals surface area contributed by atoms with Crippen molar-refractivity contribution in [2.24, 2.45) is 0 Å². The average molecular weight is 259 g/mol. The van der Waals surface area contributed by atoms with E-state index in [1.54, 1.807) is 6.08 Å². The molecule has 0 spiro atoms. The van der Waals surface area contributed by atoms with E-state index < -0.39 is 0 Å². The number of anilines is 1. The predicted molar refractivity (Wildman–Crippen MR) is 83.6 cm³/mol. The first-order valence-corrected chi connectivity index (χ1v) is 7.27. The summed E-state index contributed by atoms with van der Waals surface area (Å²) in [6, 6.07) is 8.36. The fourth-order valence-electron chi connectivity index (χ4n) is 2.01. The van der Waals surface area contributed by atoms with Gasteiger partial charge in [0.05, 0.1) is 0 Å². The van der Waals surface area contributed by atoms with Gasteiger partial charge in [0.25, 0.3) is 0 Å². The maximum atomic E-state index is 11.5. The summed E-state index contributed by atoms with van der Waals surface area (Å²) in [5, 5.41) is 0. The van der Waals surface area contributed by atoms with Crippen LogP contribution in [-0.4, -0.2) is 18.9 Å². The lowest BCUT2D eigenvalue weighted by atomic mass is 10.1. The molecule has 0 unspecified atom stereocenters. The van der Waals surface area contributed by atoms with Gasteiger partial charge < -0.3 is 4.90 Å². The molecule has 0 aromatic heterocycles. The maximum absolute atomic E-state index is 11.5. The molecule has 19 heavy (non-hydrogen) atoms. The third kappa shape index (κ3) is 5.29. The van der Waals surface area contributed by atoms with E-state index in [1.165, 1.54) is 5.69 Å². The number of hydrogen-bond donors (Lipinski definition) is 0. The van der Waals surface area contributed by atoms with Crippen molar-refractivity contribution in [2.75, 3.05) is 18.0 Å². The van der Waals surface area contributed by atoms with E-state index in [4.69, 9.17) is 0 Å². The van der Waals surface area contributed by atoms with Crippen molar-refractivity contribution in [3.8, 4) is 0 Å². The Balaban J connectivity index is 2.61. The lowest BCUT2D eigenvalue weighted by molar-refractivity contribution is -0.114. The van der Waals surface area contributed by atoms with E-state index in [9.17, 15) is 4.79 Å². The average Bonchev–Trinajstić information content (AvgIpc) is 2.45. The molecule has 1 rings (SSSR count). The van der Waals surface area contributed by atoms with Gasteiger partial charge in [-0.3, -0.25) is 4.79 Å². The largest absolute Gasteiger partial charge is 0.372 e. The van der Waals surface area contributed by atoms with Crippen LogP contribution in [0.5, 0.6) is 0 Å². The van der Waals surface area contributed by atoms with Crippen molar-refractivity contribution >= 4 is 17.5 Å². The van der Waals surface area contributed by atoms with E-state index in [0.29, 0.717) is 6.42 Å². The molecule has 0 aliphatic carbocycles. The van der Waals surface area contributed by atoms with E-state index >= 15 is 0 Å². The van der Waals surface area contributed by atoms with Crippen LogP contribution < -0.4 is 4.90 Å². The van der Waals surface area contributed by atoms with Crippen molar-refractivity contribution < 1.29 is 4.79 Å². The summed E-state index contributed by atoms with van der Waals surface area (Å²) in [4.78, 5) is 13.9. The molecule has 0 N–H and O–H groups in total. The van der Waals surface area contributed by atoms with Crippen LogP contribution in [0.25, 0.3) is 6.08 Å². The van der Waals surface area contributed by atoms with Gasteiger partial charge in [-0.05, 0) is 44.0 Å². The minimum atomic E-state index is 0.217. The number of hydrogen-bond acceptors (Lipinski definition) is 2. The molecule has 1 aromatic rings. The second kappa shape index (κ2) is 8.52. The zero-order valence-corrected chi connectivity index (χ0v) is 12.4. The summed E-state index contributed by atoms with van der Waals surface area (Å²) < 4.78 is 0. The Bertz CT molecular complexity index is 402. The number of ketones is 1. The van der Waals surface area contributed by atoms with Gasteiger partial charge >= 0.3 is 0 Å². The van der Waals surface area contributed by atoms with E-state index in [1.807, 2.05) is 6.08 Å². The number of carbonyl (C=O) groups is 1. The lowest BCUT2D eigenvalue weighted by Crippen LogP contribution is -2.21. The van der Waals surface area contributed by atoms with Gasteiger partial charge in [-0.1, -0.05) is 31.6 Å². The summed E-state index contributed by atoms with van der Waals surface area (Å²) in [5.41, 5.74) is 2.32. The number of unbranched alkanes of at least 4 members (excludes halogenated alkanes) is 1. The molecule has 0 bridgehead atoms. The van der Waals surface area contributed by atoms with Gasteiger partial charge in [0.15, 0.2) is 5.78 Å². The van der Waals surface area contributed by atoms with Gasteiger partial charge in [-0.15, -0.1) is 0 Å². The normalized spacial score (nSPS) is 10.9. The second-order valence-electron chi connectivity index (χ2n) is 4.67. The SMILES string of the molecule is CCCCC(=O)/C=C/c1ccc(N(CC)CC)cc1. The van der Waals surface area contributed by atoms with Crippen LogP contribution in [0.1, 0.15) is 45.6 Å². The highest BCUT2D eigenvalue weighted by Crippen LogP contribution is 2.15. The van der Waals surface area contributed by atoms with Crippen LogP contribution in [0.3, 0.4) is 0 Å². The molecule has 0 radical (unpaired) electrons. The van der Waals surface area contributed by atoms with Crippen molar-refractivity contribution in [1.82, 2.24) is 0 Å². The fraction of sp³-hybridized carbons (Fsp3) is 0.471. The molecule has 0 amide bonds. The number of allylic oxidation sites excluding steroid dienone is 1. The molecular formula is C17H25NO. The number of rotatable bonds is 8. The number of benzene rings is 1.